The van der Waals surface area contributed by atoms with E-state index < -0.39 is 0 Å². The van der Waals surface area contributed by atoms with Gasteiger partial charge in [0.05, 0.1) is 11.5 Å². The molecule has 132 valence electrons. The lowest BCUT2D eigenvalue weighted by atomic mass is 10.2. The van der Waals surface area contributed by atoms with Crippen molar-refractivity contribution in [2.24, 2.45) is 4.99 Å². The second-order valence-electron chi connectivity index (χ2n) is 5.53. The van der Waals surface area contributed by atoms with Gasteiger partial charge in [-0.3, -0.25) is 4.79 Å². The molecule has 8 heteroatoms. The SMILES string of the molecule is CCOC(=O)N1CCN(C2=NC(=O)C(=Cc3ccc(Cl)cc3)S2)CC1. The van der Waals surface area contributed by atoms with Crippen molar-refractivity contribution in [1.82, 2.24) is 9.80 Å². The Bertz CT molecular complexity index is 725. The number of hydrogen-bond donors (Lipinski definition) is 0. The summed E-state index contributed by atoms with van der Waals surface area (Å²) in [5, 5.41) is 1.35. The molecule has 1 aromatic carbocycles. The summed E-state index contributed by atoms with van der Waals surface area (Å²) in [5.74, 6) is -0.234. The average molecular weight is 380 g/mol. The molecule has 0 unspecified atom stereocenters. The van der Waals surface area contributed by atoms with Crippen molar-refractivity contribution in [3.63, 3.8) is 0 Å². The van der Waals surface area contributed by atoms with Crippen LogP contribution in [-0.4, -0.2) is 59.8 Å². The zero-order valence-corrected chi connectivity index (χ0v) is 15.3. The first-order chi connectivity index (χ1) is 12.1. The molecule has 3 rings (SSSR count). The Morgan fingerprint density at radius 3 is 2.60 bits per heavy atom. The van der Waals surface area contributed by atoms with Crippen molar-refractivity contribution < 1.29 is 14.3 Å². The minimum absolute atomic E-state index is 0.234. The van der Waals surface area contributed by atoms with Crippen molar-refractivity contribution in [2.75, 3.05) is 32.8 Å². The molecule has 0 bridgehead atoms. The Morgan fingerprint density at radius 1 is 1.28 bits per heavy atom. The number of ether oxygens (including phenoxy) is 1. The smallest absolute Gasteiger partial charge is 0.409 e. The van der Waals surface area contributed by atoms with Crippen LogP contribution in [-0.2, 0) is 9.53 Å². The van der Waals surface area contributed by atoms with Gasteiger partial charge in [-0.2, -0.15) is 4.99 Å². The number of benzene rings is 1. The predicted octanol–water partition coefficient (Wildman–Crippen LogP) is 3.08. The minimum Gasteiger partial charge on any atom is -0.450 e. The van der Waals surface area contributed by atoms with Crippen LogP contribution in [0.4, 0.5) is 4.79 Å². The van der Waals surface area contributed by atoms with E-state index in [4.69, 9.17) is 16.3 Å². The van der Waals surface area contributed by atoms with Gasteiger partial charge < -0.3 is 14.5 Å². The van der Waals surface area contributed by atoms with Gasteiger partial charge >= 0.3 is 6.09 Å². The molecular weight excluding hydrogens is 362 g/mol. The molecule has 0 aromatic heterocycles. The van der Waals surface area contributed by atoms with Gasteiger partial charge in [0, 0.05) is 31.2 Å². The average Bonchev–Trinajstić information content (AvgIpc) is 2.98. The van der Waals surface area contributed by atoms with E-state index in [1.807, 2.05) is 23.1 Å². The number of hydrogen-bond acceptors (Lipinski definition) is 5. The van der Waals surface area contributed by atoms with Gasteiger partial charge in [0.1, 0.15) is 0 Å². The van der Waals surface area contributed by atoms with Crippen LogP contribution < -0.4 is 0 Å². The van der Waals surface area contributed by atoms with Crippen LogP contribution in [0.3, 0.4) is 0 Å². The third-order valence-electron chi connectivity index (χ3n) is 3.85. The van der Waals surface area contributed by atoms with Crippen LogP contribution in [0.25, 0.3) is 6.08 Å². The van der Waals surface area contributed by atoms with Crippen LogP contribution in [0.1, 0.15) is 12.5 Å². The summed E-state index contributed by atoms with van der Waals surface area (Å²) in [6.45, 7) is 4.54. The second-order valence-corrected chi connectivity index (χ2v) is 6.98. The molecule has 0 atom stereocenters. The second kappa shape index (κ2) is 7.93. The quantitative estimate of drug-likeness (QED) is 0.739. The summed E-state index contributed by atoms with van der Waals surface area (Å²) < 4.78 is 5.01. The number of nitrogens with zero attached hydrogens (tertiary/aromatic N) is 3. The zero-order chi connectivity index (χ0) is 17.8. The number of rotatable bonds is 2. The van der Waals surface area contributed by atoms with Gasteiger partial charge in [0.2, 0.25) is 0 Å². The highest BCUT2D eigenvalue weighted by Gasteiger charge is 2.29. The van der Waals surface area contributed by atoms with E-state index in [0.717, 1.165) is 5.56 Å². The van der Waals surface area contributed by atoms with Gasteiger partial charge in [0.15, 0.2) is 5.17 Å². The summed E-state index contributed by atoms with van der Waals surface area (Å²) in [6.07, 6.45) is 1.52. The number of piperazine rings is 1. The lowest BCUT2D eigenvalue weighted by molar-refractivity contribution is -0.113. The molecule has 1 saturated heterocycles. The number of carbonyl (C=O) groups excluding carboxylic acids is 2. The number of amides is 2. The van der Waals surface area contributed by atoms with E-state index in [1.54, 1.807) is 24.0 Å². The minimum atomic E-state index is -0.289. The number of halogens is 1. The van der Waals surface area contributed by atoms with Crippen LogP contribution in [0.15, 0.2) is 34.2 Å². The van der Waals surface area contributed by atoms with Gasteiger partial charge in [-0.15, -0.1) is 0 Å². The lowest BCUT2D eigenvalue weighted by Crippen LogP contribution is -2.50. The molecule has 2 aliphatic rings. The summed E-state index contributed by atoms with van der Waals surface area (Å²) in [7, 11) is 0. The first kappa shape index (κ1) is 17.8. The molecule has 0 radical (unpaired) electrons. The molecular formula is C17H18ClN3O3S. The Kier molecular flexibility index (Phi) is 5.65. The van der Waals surface area contributed by atoms with E-state index in [1.165, 1.54) is 11.8 Å². The van der Waals surface area contributed by atoms with Crippen LogP contribution >= 0.6 is 23.4 Å². The highest BCUT2D eigenvalue weighted by Crippen LogP contribution is 2.30. The standard InChI is InChI=1S/C17H18ClN3O3S/c1-2-24-17(23)21-9-7-20(8-10-21)16-19-15(22)14(25-16)11-12-3-5-13(18)6-4-12/h3-6,11H,2,7-10H2,1H3. The topological polar surface area (TPSA) is 62.2 Å². The maximum atomic E-state index is 12.1. The predicted molar refractivity (Wildman–Crippen MR) is 99.6 cm³/mol. The van der Waals surface area contributed by atoms with E-state index >= 15 is 0 Å². The maximum absolute atomic E-state index is 12.1. The van der Waals surface area contributed by atoms with E-state index in [0.29, 0.717) is 47.9 Å². The molecule has 25 heavy (non-hydrogen) atoms. The number of thioether (sulfide) groups is 1. The third kappa shape index (κ3) is 4.35. The number of carbonyl (C=O) groups is 2. The Balaban J connectivity index is 1.60. The Hall–Kier alpha value is -1.99. The van der Waals surface area contributed by atoms with Crippen LogP contribution in [0.2, 0.25) is 5.02 Å². The molecule has 2 aliphatic heterocycles. The van der Waals surface area contributed by atoms with E-state index in [2.05, 4.69) is 4.99 Å². The molecule has 0 spiro atoms. The van der Waals surface area contributed by atoms with Crippen molar-refractivity contribution in [1.29, 1.82) is 0 Å². The first-order valence-electron chi connectivity index (χ1n) is 8.01. The van der Waals surface area contributed by atoms with Gasteiger partial charge in [-0.05, 0) is 42.5 Å². The fourth-order valence-corrected chi connectivity index (χ4v) is 3.63. The summed E-state index contributed by atoms with van der Waals surface area (Å²) >= 11 is 7.24. The number of aliphatic imine (C=N–C) groups is 1. The van der Waals surface area contributed by atoms with Crippen molar-refractivity contribution in [2.45, 2.75) is 6.92 Å². The first-order valence-corrected chi connectivity index (χ1v) is 9.21. The van der Waals surface area contributed by atoms with Crippen molar-refractivity contribution in [3.8, 4) is 0 Å². The summed E-state index contributed by atoms with van der Waals surface area (Å²) in [4.78, 5) is 32.3. The molecule has 6 nitrogen and oxygen atoms in total. The Labute approximate surface area is 155 Å². The molecule has 1 fully saturated rings. The monoisotopic (exact) mass is 379 g/mol. The number of amidine groups is 1. The van der Waals surface area contributed by atoms with Gasteiger partial charge in [-0.1, -0.05) is 23.7 Å². The fraction of sp³-hybridized carbons (Fsp3) is 0.353. The lowest BCUT2D eigenvalue weighted by Gasteiger charge is -2.34. The summed E-state index contributed by atoms with van der Waals surface area (Å²) in [5.41, 5.74) is 0.906. The Morgan fingerprint density at radius 2 is 1.96 bits per heavy atom. The fourth-order valence-electron chi connectivity index (χ4n) is 2.54. The summed E-state index contributed by atoms with van der Waals surface area (Å²) in [6, 6.07) is 7.29. The van der Waals surface area contributed by atoms with E-state index in [-0.39, 0.29) is 12.0 Å². The van der Waals surface area contributed by atoms with Gasteiger partial charge in [0.25, 0.3) is 5.91 Å². The highest BCUT2D eigenvalue weighted by molar-refractivity contribution is 8.18. The van der Waals surface area contributed by atoms with Crippen molar-refractivity contribution in [3.05, 3.63) is 39.8 Å². The molecule has 0 saturated carbocycles. The van der Waals surface area contributed by atoms with Crippen LogP contribution in [0, 0.1) is 0 Å². The van der Waals surface area contributed by atoms with E-state index in [9.17, 15) is 9.59 Å². The molecule has 0 aliphatic carbocycles. The zero-order valence-electron chi connectivity index (χ0n) is 13.8. The largest absolute Gasteiger partial charge is 0.450 e. The molecule has 0 N–H and O–H groups in total. The maximum Gasteiger partial charge on any atom is 0.409 e. The van der Waals surface area contributed by atoms with Crippen LogP contribution in [0.5, 0.6) is 0 Å². The normalized spacial score (nSPS) is 19.4. The van der Waals surface area contributed by atoms with Crippen molar-refractivity contribution >= 4 is 46.6 Å². The van der Waals surface area contributed by atoms with Gasteiger partial charge in [-0.25, -0.2) is 4.79 Å². The highest BCUT2D eigenvalue weighted by atomic mass is 35.5. The molecule has 1 aromatic rings. The third-order valence-corrected chi connectivity index (χ3v) is 5.15. The molecule has 2 heterocycles. The molecule has 2 amide bonds.